The summed E-state index contributed by atoms with van der Waals surface area (Å²) in [5, 5.41) is 4.41. The van der Waals surface area contributed by atoms with Crippen molar-refractivity contribution < 1.29 is 13.2 Å². The lowest BCUT2D eigenvalue weighted by molar-refractivity contribution is 0.0562. The number of aromatic amines is 1. The number of pyridine rings is 2. The van der Waals surface area contributed by atoms with Crippen molar-refractivity contribution in [2.45, 2.75) is 48.6 Å². The van der Waals surface area contributed by atoms with Gasteiger partial charge in [-0.05, 0) is 37.8 Å². The number of rotatable bonds is 5. The van der Waals surface area contributed by atoms with Crippen LogP contribution in [0.2, 0.25) is 0 Å². The molecule has 6 heterocycles. The Kier molecular flexibility index (Phi) is 6.38. The number of benzene rings is 1. The van der Waals surface area contributed by atoms with E-state index >= 15 is 0 Å². The molecule has 2 bridgehead atoms. The molecule has 0 radical (unpaired) electrons. The fourth-order valence-corrected chi connectivity index (χ4v) is 7.71. The standard InChI is InChI=1S/C31H29N7O4S/c1-43(41,42)28-27(20-14-21-11-12-22(15-20)37(21)31(40)25-8-5-9-26(39)35-25)36-30-23(17-34-38(30)29(28)32)19-10-13-24(33-16-19)18-6-3-2-4-7-18/h2-10,13,16-17,20-22H,11-12,14-15,32H2,1H3,(H,35,39)/t20-,21-,22+. The molecule has 12 heteroatoms. The molecule has 1 amide bonds. The Morgan fingerprint density at radius 3 is 2.35 bits per heavy atom. The predicted molar refractivity (Wildman–Crippen MR) is 161 cm³/mol. The molecule has 3 atom stereocenters. The molecule has 3 N–H and O–H groups in total. The zero-order valence-corrected chi connectivity index (χ0v) is 24.2. The van der Waals surface area contributed by atoms with Crippen LogP contribution in [0.4, 0.5) is 5.82 Å². The maximum atomic E-state index is 13.4. The Bertz CT molecular complexity index is 2020. The number of anilines is 1. The average molecular weight is 596 g/mol. The van der Waals surface area contributed by atoms with Crippen molar-refractivity contribution in [2.75, 3.05) is 12.0 Å². The van der Waals surface area contributed by atoms with Crippen LogP contribution in [0.3, 0.4) is 0 Å². The number of hydrogen-bond donors (Lipinski definition) is 2. The second-order valence-electron chi connectivity index (χ2n) is 11.3. The van der Waals surface area contributed by atoms with Crippen molar-refractivity contribution in [3.8, 4) is 22.4 Å². The number of carbonyl (C=O) groups is 1. The Morgan fingerprint density at radius 1 is 0.953 bits per heavy atom. The number of carbonyl (C=O) groups excluding carboxylic acids is 1. The lowest BCUT2D eigenvalue weighted by Crippen LogP contribution is -2.46. The molecule has 0 unspecified atom stereocenters. The molecule has 5 aromatic rings. The first-order valence-electron chi connectivity index (χ1n) is 14.1. The van der Waals surface area contributed by atoms with Gasteiger partial charge in [-0.1, -0.05) is 42.5 Å². The van der Waals surface area contributed by atoms with E-state index in [1.807, 2.05) is 47.4 Å². The van der Waals surface area contributed by atoms with Crippen molar-refractivity contribution in [1.29, 1.82) is 0 Å². The van der Waals surface area contributed by atoms with Gasteiger partial charge in [0.25, 0.3) is 5.91 Å². The minimum Gasteiger partial charge on any atom is -0.382 e. The molecule has 0 saturated carbocycles. The van der Waals surface area contributed by atoms with E-state index < -0.39 is 9.84 Å². The average Bonchev–Trinajstić information content (AvgIpc) is 3.54. The van der Waals surface area contributed by atoms with Crippen LogP contribution in [0.15, 0.2) is 82.7 Å². The molecular formula is C31H29N7O4S. The van der Waals surface area contributed by atoms with Crippen LogP contribution in [0.1, 0.15) is 47.8 Å². The lowest BCUT2D eigenvalue weighted by atomic mass is 9.87. The minimum atomic E-state index is -3.77. The number of aromatic nitrogens is 5. The number of amides is 1. The third kappa shape index (κ3) is 4.67. The summed E-state index contributed by atoms with van der Waals surface area (Å²) in [5.41, 5.74) is 10.6. The highest BCUT2D eigenvalue weighted by atomic mass is 32.2. The van der Waals surface area contributed by atoms with E-state index in [4.69, 9.17) is 10.7 Å². The lowest BCUT2D eigenvalue weighted by Gasteiger charge is -2.39. The number of nitrogen functional groups attached to an aromatic ring is 1. The molecule has 2 aliphatic rings. The van der Waals surface area contributed by atoms with E-state index in [1.165, 1.54) is 10.6 Å². The maximum absolute atomic E-state index is 13.4. The van der Waals surface area contributed by atoms with Crippen LogP contribution in [0.25, 0.3) is 28.0 Å². The number of piperidine rings is 1. The van der Waals surface area contributed by atoms with Gasteiger partial charge in [0.15, 0.2) is 15.5 Å². The Labute approximate surface area is 247 Å². The molecule has 1 aromatic carbocycles. The van der Waals surface area contributed by atoms with Gasteiger partial charge in [0.05, 0.1) is 17.6 Å². The van der Waals surface area contributed by atoms with Crippen molar-refractivity contribution in [3.05, 3.63) is 94.8 Å². The molecule has 11 nitrogen and oxygen atoms in total. The summed E-state index contributed by atoms with van der Waals surface area (Å²) in [6.45, 7) is 0. The predicted octanol–water partition coefficient (Wildman–Crippen LogP) is 3.68. The molecule has 2 saturated heterocycles. The smallest absolute Gasteiger partial charge is 0.270 e. The quantitative estimate of drug-likeness (QED) is 0.312. The summed E-state index contributed by atoms with van der Waals surface area (Å²) >= 11 is 0. The Balaban J connectivity index is 1.27. The van der Waals surface area contributed by atoms with E-state index in [9.17, 15) is 18.0 Å². The summed E-state index contributed by atoms with van der Waals surface area (Å²) < 4.78 is 27.6. The van der Waals surface area contributed by atoms with Gasteiger partial charge in [0.2, 0.25) is 5.56 Å². The van der Waals surface area contributed by atoms with E-state index in [1.54, 1.807) is 24.5 Å². The molecule has 2 fully saturated rings. The number of hydrogen-bond acceptors (Lipinski definition) is 8. The van der Waals surface area contributed by atoms with Gasteiger partial charge < -0.3 is 15.6 Å². The molecule has 218 valence electrons. The third-order valence-corrected chi connectivity index (χ3v) is 9.69. The third-order valence-electron chi connectivity index (χ3n) is 8.53. The molecule has 43 heavy (non-hydrogen) atoms. The number of fused-ring (bicyclic) bond motifs is 3. The molecule has 4 aromatic heterocycles. The van der Waals surface area contributed by atoms with E-state index in [-0.39, 0.29) is 45.9 Å². The Hall–Kier alpha value is -4.84. The zero-order valence-electron chi connectivity index (χ0n) is 23.3. The molecule has 0 spiro atoms. The summed E-state index contributed by atoms with van der Waals surface area (Å²) in [5.74, 6) is -0.454. The van der Waals surface area contributed by atoms with Crippen LogP contribution in [-0.4, -0.2) is 62.1 Å². The van der Waals surface area contributed by atoms with E-state index in [2.05, 4.69) is 15.1 Å². The first-order chi connectivity index (χ1) is 20.7. The fourth-order valence-electron chi connectivity index (χ4n) is 6.65. The fraction of sp³-hybridized carbons (Fsp3) is 0.258. The van der Waals surface area contributed by atoms with Crippen molar-refractivity contribution >= 4 is 27.2 Å². The van der Waals surface area contributed by atoms with Gasteiger partial charge in [-0.15, -0.1) is 0 Å². The second-order valence-corrected chi connectivity index (χ2v) is 13.2. The number of nitrogens with two attached hydrogens (primary N) is 1. The summed E-state index contributed by atoms with van der Waals surface area (Å²) in [7, 11) is -3.77. The van der Waals surface area contributed by atoms with Gasteiger partial charge in [0.1, 0.15) is 16.4 Å². The normalized spacial score (nSPS) is 20.0. The van der Waals surface area contributed by atoms with Crippen molar-refractivity contribution in [1.82, 2.24) is 29.5 Å². The van der Waals surface area contributed by atoms with E-state index in [0.717, 1.165) is 35.9 Å². The molecule has 2 aliphatic heterocycles. The van der Waals surface area contributed by atoms with Crippen LogP contribution in [-0.2, 0) is 9.84 Å². The highest BCUT2D eigenvalue weighted by Crippen LogP contribution is 2.45. The SMILES string of the molecule is CS(=O)(=O)c1c([C@@H]2C[C@H]3CC[C@@H](C2)N3C(=O)c2cccc(=O)[nH]2)nc2c(-c3ccc(-c4ccccc4)nc3)cnn2c1N. The number of sulfone groups is 1. The molecule has 0 aliphatic carbocycles. The highest BCUT2D eigenvalue weighted by molar-refractivity contribution is 7.91. The van der Waals surface area contributed by atoms with E-state index in [0.29, 0.717) is 29.7 Å². The van der Waals surface area contributed by atoms with Gasteiger partial charge in [-0.2, -0.15) is 9.61 Å². The van der Waals surface area contributed by atoms with Crippen molar-refractivity contribution in [3.63, 3.8) is 0 Å². The minimum absolute atomic E-state index is 0.00956. The van der Waals surface area contributed by atoms with Crippen LogP contribution >= 0.6 is 0 Å². The number of nitrogens with one attached hydrogen (secondary N) is 1. The first-order valence-corrected chi connectivity index (χ1v) is 16.0. The van der Waals surface area contributed by atoms with Gasteiger partial charge in [-0.3, -0.25) is 14.6 Å². The molecule has 7 rings (SSSR count). The maximum Gasteiger partial charge on any atom is 0.270 e. The topological polar surface area (TPSA) is 156 Å². The second kappa shape index (κ2) is 10.2. The van der Waals surface area contributed by atoms with Crippen LogP contribution in [0, 0.1) is 0 Å². The van der Waals surface area contributed by atoms with Crippen LogP contribution in [0.5, 0.6) is 0 Å². The number of nitrogens with zero attached hydrogens (tertiary/aromatic N) is 5. The molecular weight excluding hydrogens is 566 g/mol. The first kappa shape index (κ1) is 27.0. The van der Waals surface area contributed by atoms with Gasteiger partial charge >= 0.3 is 0 Å². The van der Waals surface area contributed by atoms with Gasteiger partial charge in [0, 0.05) is 53.2 Å². The monoisotopic (exact) mass is 595 g/mol. The highest BCUT2D eigenvalue weighted by Gasteiger charge is 2.45. The van der Waals surface area contributed by atoms with Crippen LogP contribution < -0.4 is 11.3 Å². The van der Waals surface area contributed by atoms with Gasteiger partial charge in [-0.25, -0.2) is 13.4 Å². The zero-order chi connectivity index (χ0) is 29.9. The van der Waals surface area contributed by atoms with Crippen molar-refractivity contribution in [2.24, 2.45) is 0 Å². The summed E-state index contributed by atoms with van der Waals surface area (Å²) in [4.78, 5) is 39.3. The number of H-pyrrole nitrogens is 1. The largest absolute Gasteiger partial charge is 0.382 e. The summed E-state index contributed by atoms with van der Waals surface area (Å²) in [6.07, 6.45) is 7.13. The Morgan fingerprint density at radius 2 is 1.70 bits per heavy atom. The summed E-state index contributed by atoms with van der Waals surface area (Å²) in [6, 6.07) is 18.0.